The van der Waals surface area contributed by atoms with Crippen LogP contribution in [0.2, 0.25) is 0 Å². The molecule has 1 aromatic carbocycles. The Bertz CT molecular complexity index is 287. The first kappa shape index (κ1) is 8.57. The third-order valence-electron chi connectivity index (χ3n) is 2.53. The van der Waals surface area contributed by atoms with Crippen molar-refractivity contribution in [1.82, 2.24) is 0 Å². The van der Waals surface area contributed by atoms with E-state index in [2.05, 4.69) is 12.1 Å². The SMILES string of the molecule is CCOc1ccc(C2(N)CC2)cc1. The topological polar surface area (TPSA) is 35.2 Å². The van der Waals surface area contributed by atoms with Gasteiger partial charge in [-0.05, 0) is 37.5 Å². The van der Waals surface area contributed by atoms with E-state index in [-0.39, 0.29) is 5.54 Å². The quantitative estimate of drug-likeness (QED) is 0.766. The van der Waals surface area contributed by atoms with Crippen LogP contribution in [0.15, 0.2) is 24.3 Å². The van der Waals surface area contributed by atoms with E-state index in [0.29, 0.717) is 6.61 Å². The largest absolute Gasteiger partial charge is 0.494 e. The van der Waals surface area contributed by atoms with Gasteiger partial charge in [-0.15, -0.1) is 0 Å². The van der Waals surface area contributed by atoms with Crippen molar-refractivity contribution in [2.75, 3.05) is 6.61 Å². The Kier molecular flexibility index (Phi) is 2.00. The summed E-state index contributed by atoms with van der Waals surface area (Å²) in [6.07, 6.45) is 2.22. The third-order valence-corrected chi connectivity index (χ3v) is 2.53. The molecule has 13 heavy (non-hydrogen) atoms. The zero-order valence-electron chi connectivity index (χ0n) is 7.92. The van der Waals surface area contributed by atoms with E-state index < -0.39 is 0 Å². The summed E-state index contributed by atoms with van der Waals surface area (Å²) in [7, 11) is 0. The molecule has 0 radical (unpaired) electrons. The highest BCUT2D eigenvalue weighted by molar-refractivity contribution is 5.34. The van der Waals surface area contributed by atoms with Crippen LogP contribution >= 0.6 is 0 Å². The van der Waals surface area contributed by atoms with Gasteiger partial charge in [0.1, 0.15) is 5.75 Å². The minimum atomic E-state index is -0.0231. The summed E-state index contributed by atoms with van der Waals surface area (Å²) >= 11 is 0. The maximum Gasteiger partial charge on any atom is 0.119 e. The Hall–Kier alpha value is -1.02. The zero-order valence-corrected chi connectivity index (χ0v) is 7.92. The van der Waals surface area contributed by atoms with Gasteiger partial charge in [-0.2, -0.15) is 0 Å². The van der Waals surface area contributed by atoms with Gasteiger partial charge in [-0.25, -0.2) is 0 Å². The molecule has 2 nitrogen and oxygen atoms in total. The van der Waals surface area contributed by atoms with Crippen molar-refractivity contribution in [3.8, 4) is 5.75 Å². The van der Waals surface area contributed by atoms with E-state index in [1.165, 1.54) is 5.56 Å². The van der Waals surface area contributed by atoms with E-state index >= 15 is 0 Å². The van der Waals surface area contributed by atoms with Gasteiger partial charge in [-0.1, -0.05) is 12.1 Å². The van der Waals surface area contributed by atoms with Crippen LogP contribution in [0.4, 0.5) is 0 Å². The van der Waals surface area contributed by atoms with Gasteiger partial charge in [0.25, 0.3) is 0 Å². The molecule has 2 heteroatoms. The van der Waals surface area contributed by atoms with Crippen LogP contribution in [0.25, 0.3) is 0 Å². The molecule has 2 N–H and O–H groups in total. The van der Waals surface area contributed by atoms with Crippen molar-refractivity contribution >= 4 is 0 Å². The Morgan fingerprint density at radius 3 is 2.38 bits per heavy atom. The van der Waals surface area contributed by atoms with Crippen LogP contribution in [-0.4, -0.2) is 6.61 Å². The molecule has 2 rings (SSSR count). The maximum atomic E-state index is 6.05. The molecule has 0 unspecified atom stereocenters. The molecule has 0 amide bonds. The van der Waals surface area contributed by atoms with Gasteiger partial charge in [-0.3, -0.25) is 0 Å². The summed E-state index contributed by atoms with van der Waals surface area (Å²) in [4.78, 5) is 0. The van der Waals surface area contributed by atoms with Crippen molar-refractivity contribution in [2.45, 2.75) is 25.3 Å². The second-order valence-corrected chi connectivity index (χ2v) is 3.61. The molecule has 0 heterocycles. The van der Waals surface area contributed by atoms with Crippen LogP contribution in [-0.2, 0) is 5.54 Å². The maximum absolute atomic E-state index is 6.05. The Morgan fingerprint density at radius 2 is 1.92 bits per heavy atom. The van der Waals surface area contributed by atoms with Gasteiger partial charge < -0.3 is 10.5 Å². The highest BCUT2D eigenvalue weighted by Gasteiger charge is 2.39. The fourth-order valence-electron chi connectivity index (χ4n) is 1.47. The smallest absolute Gasteiger partial charge is 0.119 e. The van der Waals surface area contributed by atoms with Crippen LogP contribution in [0.5, 0.6) is 5.75 Å². The molecule has 0 aliphatic heterocycles. The molecular weight excluding hydrogens is 162 g/mol. The van der Waals surface area contributed by atoms with Crippen molar-refractivity contribution in [1.29, 1.82) is 0 Å². The third kappa shape index (κ3) is 1.68. The van der Waals surface area contributed by atoms with Crippen molar-refractivity contribution in [3.63, 3.8) is 0 Å². The molecule has 0 aromatic heterocycles. The number of rotatable bonds is 3. The lowest BCUT2D eigenvalue weighted by Crippen LogP contribution is -2.18. The fourth-order valence-corrected chi connectivity index (χ4v) is 1.47. The summed E-state index contributed by atoms with van der Waals surface area (Å²) in [6, 6.07) is 8.12. The summed E-state index contributed by atoms with van der Waals surface area (Å²) in [5, 5.41) is 0. The van der Waals surface area contributed by atoms with Crippen LogP contribution in [0.3, 0.4) is 0 Å². The zero-order chi connectivity index (χ0) is 9.31. The molecule has 0 bridgehead atoms. The Balaban J connectivity index is 2.14. The van der Waals surface area contributed by atoms with E-state index in [9.17, 15) is 0 Å². The van der Waals surface area contributed by atoms with Crippen molar-refractivity contribution in [3.05, 3.63) is 29.8 Å². The highest BCUT2D eigenvalue weighted by atomic mass is 16.5. The van der Waals surface area contributed by atoms with Gasteiger partial charge in [0, 0.05) is 5.54 Å². The average molecular weight is 177 g/mol. The lowest BCUT2D eigenvalue weighted by atomic mass is 10.1. The second-order valence-electron chi connectivity index (χ2n) is 3.61. The van der Waals surface area contributed by atoms with Crippen LogP contribution < -0.4 is 10.5 Å². The molecular formula is C11H15NO. The molecule has 1 fully saturated rings. The highest BCUT2D eigenvalue weighted by Crippen LogP contribution is 2.42. The van der Waals surface area contributed by atoms with E-state index in [4.69, 9.17) is 10.5 Å². The summed E-state index contributed by atoms with van der Waals surface area (Å²) < 4.78 is 5.35. The lowest BCUT2D eigenvalue weighted by molar-refractivity contribution is 0.340. The first-order valence-electron chi connectivity index (χ1n) is 4.77. The molecule has 1 aliphatic rings. The van der Waals surface area contributed by atoms with E-state index in [1.54, 1.807) is 0 Å². The predicted octanol–water partition coefficient (Wildman–Crippen LogP) is 2.03. The predicted molar refractivity (Wildman–Crippen MR) is 52.7 cm³/mol. The molecule has 0 atom stereocenters. The van der Waals surface area contributed by atoms with Gasteiger partial charge >= 0.3 is 0 Å². The van der Waals surface area contributed by atoms with Gasteiger partial charge in [0.15, 0.2) is 0 Å². The van der Waals surface area contributed by atoms with Crippen molar-refractivity contribution < 1.29 is 4.74 Å². The average Bonchev–Trinajstić information content (AvgIpc) is 2.87. The number of hydrogen-bond acceptors (Lipinski definition) is 2. The second kappa shape index (κ2) is 3.04. The molecule has 1 saturated carbocycles. The minimum Gasteiger partial charge on any atom is -0.494 e. The normalized spacial score (nSPS) is 18.3. The van der Waals surface area contributed by atoms with Gasteiger partial charge in [0.05, 0.1) is 6.61 Å². The standard InChI is InChI=1S/C11H15NO/c1-2-13-10-5-3-9(4-6-10)11(12)7-8-11/h3-6H,2,7-8,12H2,1H3. The van der Waals surface area contributed by atoms with E-state index in [0.717, 1.165) is 18.6 Å². The molecule has 1 aliphatic carbocycles. The number of ether oxygens (including phenoxy) is 1. The molecule has 70 valence electrons. The van der Waals surface area contributed by atoms with Crippen LogP contribution in [0.1, 0.15) is 25.3 Å². The number of nitrogens with two attached hydrogens (primary N) is 1. The van der Waals surface area contributed by atoms with Crippen LogP contribution in [0, 0.1) is 0 Å². The number of hydrogen-bond donors (Lipinski definition) is 1. The first-order valence-corrected chi connectivity index (χ1v) is 4.77. The summed E-state index contributed by atoms with van der Waals surface area (Å²) in [5.74, 6) is 0.926. The summed E-state index contributed by atoms with van der Waals surface area (Å²) in [5.41, 5.74) is 7.26. The first-order chi connectivity index (χ1) is 6.24. The fraction of sp³-hybridized carbons (Fsp3) is 0.455. The van der Waals surface area contributed by atoms with Gasteiger partial charge in [0.2, 0.25) is 0 Å². The molecule has 0 spiro atoms. The van der Waals surface area contributed by atoms with Crippen molar-refractivity contribution in [2.24, 2.45) is 5.73 Å². The minimum absolute atomic E-state index is 0.0231. The Labute approximate surface area is 78.7 Å². The monoisotopic (exact) mass is 177 g/mol. The molecule has 1 aromatic rings. The lowest BCUT2D eigenvalue weighted by Gasteiger charge is -2.09. The molecule has 0 saturated heterocycles. The number of benzene rings is 1. The summed E-state index contributed by atoms with van der Waals surface area (Å²) in [6.45, 7) is 2.70. The Morgan fingerprint density at radius 1 is 1.31 bits per heavy atom. The van der Waals surface area contributed by atoms with E-state index in [1.807, 2.05) is 19.1 Å².